The molecule has 9 nitrogen and oxygen atoms in total. The number of sulfonamides is 1. The largest absolute Gasteiger partial charge is 0.476 e. The van der Waals surface area contributed by atoms with Crippen molar-refractivity contribution in [1.29, 1.82) is 0 Å². The summed E-state index contributed by atoms with van der Waals surface area (Å²) in [6.45, 7) is 0.656. The van der Waals surface area contributed by atoms with Gasteiger partial charge in [0.05, 0.1) is 18.6 Å². The number of amides is 1. The minimum Gasteiger partial charge on any atom is -0.476 e. The van der Waals surface area contributed by atoms with E-state index < -0.39 is 21.9 Å². The van der Waals surface area contributed by atoms with Crippen molar-refractivity contribution >= 4 is 21.9 Å². The lowest BCUT2D eigenvalue weighted by Crippen LogP contribution is -2.49. The zero-order chi connectivity index (χ0) is 16.3. The highest BCUT2D eigenvalue weighted by atomic mass is 32.2. The molecule has 22 heavy (non-hydrogen) atoms. The van der Waals surface area contributed by atoms with E-state index in [4.69, 9.17) is 5.11 Å². The van der Waals surface area contributed by atoms with Crippen molar-refractivity contribution in [3.8, 4) is 0 Å². The number of aromatic carboxylic acids is 1. The number of nitrogens with one attached hydrogen (secondary N) is 1. The third-order valence-electron chi connectivity index (χ3n) is 3.29. The van der Waals surface area contributed by atoms with Gasteiger partial charge in [0.2, 0.25) is 10.0 Å². The Labute approximate surface area is 127 Å². The zero-order valence-electron chi connectivity index (χ0n) is 11.9. The molecule has 2 N–H and O–H groups in total. The summed E-state index contributed by atoms with van der Waals surface area (Å²) in [5, 5.41) is 11.4. The van der Waals surface area contributed by atoms with Crippen molar-refractivity contribution in [3.05, 3.63) is 23.8 Å². The second kappa shape index (κ2) is 6.36. The Bertz CT molecular complexity index is 673. The van der Waals surface area contributed by atoms with Crippen LogP contribution < -0.4 is 5.32 Å². The second-order valence-corrected chi connectivity index (χ2v) is 7.01. The molecule has 1 aromatic rings. The van der Waals surface area contributed by atoms with E-state index in [-0.39, 0.29) is 24.0 Å². The SMILES string of the molecule is CS(=O)(=O)N1CCCC(NC(=O)c2cnc(C(=O)O)cn2)C1. The topological polar surface area (TPSA) is 130 Å². The molecule has 0 aliphatic carbocycles. The number of carbonyl (C=O) groups is 2. The van der Waals surface area contributed by atoms with Crippen molar-refractivity contribution in [2.75, 3.05) is 19.3 Å². The first kappa shape index (κ1) is 16.3. The van der Waals surface area contributed by atoms with E-state index in [1.54, 1.807) is 0 Å². The average Bonchev–Trinajstić information content (AvgIpc) is 2.46. The zero-order valence-corrected chi connectivity index (χ0v) is 12.7. The van der Waals surface area contributed by atoms with E-state index in [2.05, 4.69) is 15.3 Å². The van der Waals surface area contributed by atoms with Crippen LogP contribution in [0.4, 0.5) is 0 Å². The number of nitrogens with zero attached hydrogens (tertiary/aromatic N) is 3. The van der Waals surface area contributed by atoms with Gasteiger partial charge in [0.1, 0.15) is 5.69 Å². The van der Waals surface area contributed by atoms with Crippen LogP contribution in [0.25, 0.3) is 0 Å². The number of hydrogen-bond acceptors (Lipinski definition) is 6. The summed E-state index contributed by atoms with van der Waals surface area (Å²) in [6, 6.07) is -0.308. The monoisotopic (exact) mass is 328 g/mol. The molecule has 1 aliphatic heterocycles. The minimum atomic E-state index is -3.29. The summed E-state index contributed by atoms with van der Waals surface area (Å²) in [5.74, 6) is -1.74. The maximum atomic E-state index is 12.0. The van der Waals surface area contributed by atoms with Crippen molar-refractivity contribution < 1.29 is 23.1 Å². The molecule has 0 spiro atoms. The maximum absolute atomic E-state index is 12.0. The third-order valence-corrected chi connectivity index (χ3v) is 4.56. The summed E-state index contributed by atoms with van der Waals surface area (Å²) in [7, 11) is -3.29. The van der Waals surface area contributed by atoms with Crippen molar-refractivity contribution in [2.45, 2.75) is 18.9 Å². The average molecular weight is 328 g/mol. The summed E-state index contributed by atoms with van der Waals surface area (Å²) in [4.78, 5) is 30.0. The predicted octanol–water partition coefficient (Wildman–Crippen LogP) is -0.671. The molecule has 1 unspecified atom stereocenters. The lowest BCUT2D eigenvalue weighted by Gasteiger charge is -2.31. The highest BCUT2D eigenvalue weighted by molar-refractivity contribution is 7.88. The molecule has 120 valence electrons. The summed E-state index contributed by atoms with van der Waals surface area (Å²) >= 11 is 0. The van der Waals surface area contributed by atoms with E-state index >= 15 is 0 Å². The summed E-state index contributed by atoms with van der Waals surface area (Å²) in [5.41, 5.74) is -0.265. The lowest BCUT2D eigenvalue weighted by atomic mass is 10.1. The molecular formula is C12H16N4O5S. The van der Waals surface area contributed by atoms with Crippen molar-refractivity contribution in [3.63, 3.8) is 0 Å². The van der Waals surface area contributed by atoms with E-state index in [1.165, 1.54) is 4.31 Å². The van der Waals surface area contributed by atoms with Crippen LogP contribution in [0.1, 0.15) is 33.8 Å². The van der Waals surface area contributed by atoms with Gasteiger partial charge in [-0.05, 0) is 12.8 Å². The molecule has 10 heteroatoms. The highest BCUT2D eigenvalue weighted by Gasteiger charge is 2.27. The third kappa shape index (κ3) is 3.98. The fraction of sp³-hybridized carbons (Fsp3) is 0.500. The Balaban J connectivity index is 2.01. The van der Waals surface area contributed by atoms with Crippen molar-refractivity contribution in [1.82, 2.24) is 19.6 Å². The van der Waals surface area contributed by atoms with Crippen LogP contribution in [0.15, 0.2) is 12.4 Å². The summed E-state index contributed by atoms with van der Waals surface area (Å²) in [6.07, 6.45) is 4.53. The van der Waals surface area contributed by atoms with Gasteiger partial charge in [-0.2, -0.15) is 0 Å². The van der Waals surface area contributed by atoms with Gasteiger partial charge in [-0.3, -0.25) is 4.79 Å². The van der Waals surface area contributed by atoms with Crippen LogP contribution in [0, 0.1) is 0 Å². The van der Waals surface area contributed by atoms with Crippen molar-refractivity contribution in [2.24, 2.45) is 0 Å². The van der Waals surface area contributed by atoms with Gasteiger partial charge in [-0.15, -0.1) is 0 Å². The molecule has 0 aromatic carbocycles. The van der Waals surface area contributed by atoms with Crippen LogP contribution >= 0.6 is 0 Å². The smallest absolute Gasteiger partial charge is 0.356 e. The number of hydrogen-bond donors (Lipinski definition) is 2. The number of carboxylic acid groups (broad SMARTS) is 1. The van der Waals surface area contributed by atoms with Crippen LogP contribution in [-0.2, 0) is 10.0 Å². The Hall–Kier alpha value is -2.07. The summed E-state index contributed by atoms with van der Waals surface area (Å²) < 4.78 is 24.4. The molecule has 1 fully saturated rings. The molecule has 0 saturated carbocycles. The Morgan fingerprint density at radius 2 is 1.95 bits per heavy atom. The molecule has 1 aliphatic rings. The Morgan fingerprint density at radius 1 is 1.32 bits per heavy atom. The van der Waals surface area contributed by atoms with Crippen LogP contribution in [-0.4, -0.2) is 65.1 Å². The van der Waals surface area contributed by atoms with Crippen LogP contribution in [0.3, 0.4) is 0 Å². The first-order valence-corrected chi connectivity index (χ1v) is 8.43. The van der Waals surface area contributed by atoms with E-state index in [0.717, 1.165) is 18.6 Å². The Morgan fingerprint density at radius 3 is 2.50 bits per heavy atom. The quantitative estimate of drug-likeness (QED) is 0.749. The second-order valence-electron chi connectivity index (χ2n) is 5.03. The van der Waals surface area contributed by atoms with Gasteiger partial charge < -0.3 is 10.4 Å². The molecule has 0 radical (unpaired) electrons. The van der Waals surface area contributed by atoms with E-state index in [1.807, 2.05) is 0 Å². The number of carboxylic acids is 1. The number of rotatable bonds is 4. The standard InChI is InChI=1S/C12H16N4O5S/c1-22(20,21)16-4-2-3-8(7-16)15-11(17)9-5-14-10(6-13-9)12(18)19/h5-6,8H,2-4,7H2,1H3,(H,15,17)(H,18,19). The van der Waals surface area contributed by atoms with E-state index in [0.29, 0.717) is 19.4 Å². The Kier molecular flexibility index (Phi) is 4.71. The molecular weight excluding hydrogens is 312 g/mol. The normalized spacial score (nSPS) is 19.6. The molecule has 2 heterocycles. The first-order chi connectivity index (χ1) is 10.3. The van der Waals surface area contributed by atoms with Gasteiger partial charge in [-0.25, -0.2) is 27.5 Å². The first-order valence-electron chi connectivity index (χ1n) is 6.58. The van der Waals surface area contributed by atoms with Gasteiger partial charge in [-0.1, -0.05) is 0 Å². The van der Waals surface area contributed by atoms with Gasteiger partial charge in [0.25, 0.3) is 5.91 Å². The van der Waals surface area contributed by atoms with Crippen LogP contribution in [0.2, 0.25) is 0 Å². The molecule has 1 amide bonds. The fourth-order valence-corrected chi connectivity index (χ4v) is 3.09. The van der Waals surface area contributed by atoms with Gasteiger partial charge >= 0.3 is 5.97 Å². The molecule has 1 atom stereocenters. The fourth-order valence-electron chi connectivity index (χ4n) is 2.18. The molecule has 1 aromatic heterocycles. The minimum absolute atomic E-state index is 0.0125. The van der Waals surface area contributed by atoms with E-state index in [9.17, 15) is 18.0 Å². The van der Waals surface area contributed by atoms with Crippen LogP contribution in [0.5, 0.6) is 0 Å². The number of aromatic nitrogens is 2. The number of piperidine rings is 1. The highest BCUT2D eigenvalue weighted by Crippen LogP contribution is 2.13. The number of carbonyl (C=O) groups excluding carboxylic acids is 1. The predicted molar refractivity (Wildman–Crippen MR) is 75.9 cm³/mol. The molecule has 2 rings (SSSR count). The maximum Gasteiger partial charge on any atom is 0.356 e. The molecule has 0 bridgehead atoms. The lowest BCUT2D eigenvalue weighted by molar-refractivity contribution is 0.0688. The molecule has 1 saturated heterocycles. The van der Waals surface area contributed by atoms with Gasteiger partial charge in [0.15, 0.2) is 5.69 Å². The van der Waals surface area contributed by atoms with Gasteiger partial charge in [0, 0.05) is 19.1 Å².